The molecule has 6 nitrogen and oxygen atoms in total. The zero-order valence-corrected chi connectivity index (χ0v) is 12.5. The highest BCUT2D eigenvalue weighted by atomic mass is 16.5. The van der Waals surface area contributed by atoms with E-state index >= 15 is 0 Å². The van der Waals surface area contributed by atoms with Gasteiger partial charge < -0.3 is 10.1 Å². The molecule has 2 atom stereocenters. The van der Waals surface area contributed by atoms with E-state index in [1.165, 1.54) is 12.8 Å². The van der Waals surface area contributed by atoms with E-state index in [4.69, 9.17) is 4.74 Å². The van der Waals surface area contributed by atoms with Gasteiger partial charge in [0.15, 0.2) is 5.82 Å². The average molecular weight is 287 g/mol. The molecule has 1 aromatic heterocycles. The lowest BCUT2D eigenvalue weighted by molar-refractivity contribution is 0.0606. The SMILES string of the molecule is COC1CCCCC1Nc1cccc(-c2nnnn2C)c1. The van der Waals surface area contributed by atoms with Gasteiger partial charge in [0, 0.05) is 25.4 Å². The smallest absolute Gasteiger partial charge is 0.181 e. The summed E-state index contributed by atoms with van der Waals surface area (Å²) in [5.74, 6) is 0.769. The van der Waals surface area contributed by atoms with Gasteiger partial charge in [0.05, 0.1) is 12.1 Å². The Hall–Kier alpha value is -1.95. The quantitative estimate of drug-likeness (QED) is 0.934. The Bertz CT molecular complexity index is 597. The minimum Gasteiger partial charge on any atom is -0.380 e. The van der Waals surface area contributed by atoms with Gasteiger partial charge in [0.25, 0.3) is 0 Å². The van der Waals surface area contributed by atoms with Crippen molar-refractivity contribution < 1.29 is 4.74 Å². The number of rotatable bonds is 4. The van der Waals surface area contributed by atoms with Crippen LogP contribution < -0.4 is 5.32 Å². The van der Waals surface area contributed by atoms with Crippen molar-refractivity contribution in [2.45, 2.75) is 37.8 Å². The Balaban J connectivity index is 1.78. The largest absolute Gasteiger partial charge is 0.380 e. The summed E-state index contributed by atoms with van der Waals surface area (Å²) in [5, 5.41) is 15.2. The number of benzene rings is 1. The molecule has 1 aliphatic carbocycles. The van der Waals surface area contributed by atoms with Gasteiger partial charge in [-0.25, -0.2) is 4.68 Å². The van der Waals surface area contributed by atoms with Crippen molar-refractivity contribution in [1.82, 2.24) is 20.2 Å². The molecule has 6 heteroatoms. The predicted octanol–water partition coefficient (Wildman–Crippen LogP) is 2.25. The number of anilines is 1. The number of methoxy groups -OCH3 is 1. The Morgan fingerprint density at radius 2 is 2.14 bits per heavy atom. The molecule has 112 valence electrons. The van der Waals surface area contributed by atoms with Crippen LogP contribution in [-0.2, 0) is 11.8 Å². The van der Waals surface area contributed by atoms with Crippen molar-refractivity contribution in [1.29, 1.82) is 0 Å². The molecule has 21 heavy (non-hydrogen) atoms. The Labute approximate surface area is 124 Å². The lowest BCUT2D eigenvalue weighted by atomic mass is 9.92. The number of nitrogens with one attached hydrogen (secondary N) is 1. The standard InChI is InChI=1S/C15H21N5O/c1-20-15(17-18-19-20)11-6-5-7-12(10-11)16-13-8-3-4-9-14(13)21-2/h5-7,10,13-14,16H,3-4,8-9H2,1-2H3. The molecule has 0 radical (unpaired) electrons. The molecule has 3 rings (SSSR count). The summed E-state index contributed by atoms with van der Waals surface area (Å²) < 4.78 is 7.28. The first kappa shape index (κ1) is 14.0. The number of tetrazole rings is 1. The maximum Gasteiger partial charge on any atom is 0.181 e. The third kappa shape index (κ3) is 3.05. The molecule has 0 aliphatic heterocycles. The highest BCUT2D eigenvalue weighted by Crippen LogP contribution is 2.26. The second-order valence-corrected chi connectivity index (χ2v) is 5.52. The van der Waals surface area contributed by atoms with Crippen LogP contribution in [0.3, 0.4) is 0 Å². The third-order valence-corrected chi connectivity index (χ3v) is 4.10. The summed E-state index contributed by atoms with van der Waals surface area (Å²) in [7, 11) is 3.64. The van der Waals surface area contributed by atoms with Gasteiger partial charge in [0.2, 0.25) is 0 Å². The number of aromatic nitrogens is 4. The number of ether oxygens (including phenoxy) is 1. The second-order valence-electron chi connectivity index (χ2n) is 5.52. The van der Waals surface area contributed by atoms with Crippen molar-refractivity contribution >= 4 is 5.69 Å². The Morgan fingerprint density at radius 1 is 1.29 bits per heavy atom. The van der Waals surface area contributed by atoms with Gasteiger partial charge in [-0.1, -0.05) is 25.0 Å². The van der Waals surface area contributed by atoms with Gasteiger partial charge in [-0.05, 0) is 35.4 Å². The van der Waals surface area contributed by atoms with Gasteiger partial charge in [-0.2, -0.15) is 0 Å². The molecule has 1 fully saturated rings. The van der Waals surface area contributed by atoms with Gasteiger partial charge in [-0.3, -0.25) is 0 Å². The zero-order valence-electron chi connectivity index (χ0n) is 12.5. The average Bonchev–Trinajstić information content (AvgIpc) is 2.94. The molecule has 0 spiro atoms. The molecule has 2 unspecified atom stereocenters. The molecule has 1 saturated carbocycles. The molecule has 1 aliphatic rings. The molecule has 0 bridgehead atoms. The van der Waals surface area contributed by atoms with Crippen LogP contribution >= 0.6 is 0 Å². The summed E-state index contributed by atoms with van der Waals surface area (Å²) in [6.07, 6.45) is 5.07. The molecule has 0 saturated heterocycles. The maximum atomic E-state index is 5.60. The van der Waals surface area contributed by atoms with E-state index in [0.29, 0.717) is 12.1 Å². The fraction of sp³-hybridized carbons (Fsp3) is 0.533. The molecular formula is C15H21N5O. The van der Waals surface area contributed by atoms with Gasteiger partial charge in [-0.15, -0.1) is 5.10 Å². The monoisotopic (exact) mass is 287 g/mol. The topological polar surface area (TPSA) is 64.9 Å². The maximum absolute atomic E-state index is 5.60. The van der Waals surface area contributed by atoms with Crippen LogP contribution in [0.4, 0.5) is 5.69 Å². The summed E-state index contributed by atoms with van der Waals surface area (Å²) >= 11 is 0. The fourth-order valence-electron chi connectivity index (χ4n) is 2.98. The highest BCUT2D eigenvalue weighted by molar-refractivity contribution is 5.62. The van der Waals surface area contributed by atoms with Gasteiger partial charge >= 0.3 is 0 Å². The number of aryl methyl sites for hydroxylation is 1. The van der Waals surface area contributed by atoms with Crippen molar-refractivity contribution in [3.05, 3.63) is 24.3 Å². The molecular weight excluding hydrogens is 266 g/mol. The Kier molecular flexibility index (Phi) is 4.15. The molecule has 1 aromatic carbocycles. The normalized spacial score (nSPS) is 22.2. The first-order chi connectivity index (χ1) is 10.3. The lowest BCUT2D eigenvalue weighted by Gasteiger charge is -2.31. The Morgan fingerprint density at radius 3 is 2.90 bits per heavy atom. The number of nitrogens with zero attached hydrogens (tertiary/aromatic N) is 4. The van der Waals surface area contributed by atoms with Crippen molar-refractivity contribution in [3.8, 4) is 11.4 Å². The van der Waals surface area contributed by atoms with E-state index in [9.17, 15) is 0 Å². The van der Waals surface area contributed by atoms with Crippen LogP contribution in [0.25, 0.3) is 11.4 Å². The van der Waals surface area contributed by atoms with Crippen molar-refractivity contribution in [2.75, 3.05) is 12.4 Å². The van der Waals surface area contributed by atoms with Crippen LogP contribution in [0.2, 0.25) is 0 Å². The molecule has 1 N–H and O–H groups in total. The minimum atomic E-state index is 0.291. The van der Waals surface area contributed by atoms with Gasteiger partial charge in [0.1, 0.15) is 0 Å². The summed E-state index contributed by atoms with van der Waals surface area (Å²) in [6, 6.07) is 8.58. The molecule has 1 heterocycles. The third-order valence-electron chi connectivity index (χ3n) is 4.10. The van der Waals surface area contributed by atoms with E-state index < -0.39 is 0 Å². The van der Waals surface area contributed by atoms with E-state index in [1.807, 2.05) is 19.2 Å². The minimum absolute atomic E-state index is 0.291. The molecule has 2 aromatic rings. The predicted molar refractivity (Wildman–Crippen MR) is 80.9 cm³/mol. The number of hydrogen-bond donors (Lipinski definition) is 1. The summed E-state index contributed by atoms with van der Waals surface area (Å²) in [5.41, 5.74) is 2.10. The van der Waals surface area contributed by atoms with Crippen LogP contribution in [0.15, 0.2) is 24.3 Å². The lowest BCUT2D eigenvalue weighted by Crippen LogP contribution is -2.37. The van der Waals surface area contributed by atoms with E-state index in [1.54, 1.807) is 11.8 Å². The van der Waals surface area contributed by atoms with Crippen molar-refractivity contribution in [3.63, 3.8) is 0 Å². The first-order valence-electron chi connectivity index (χ1n) is 7.40. The summed E-state index contributed by atoms with van der Waals surface area (Å²) in [6.45, 7) is 0. The number of hydrogen-bond acceptors (Lipinski definition) is 5. The van der Waals surface area contributed by atoms with Crippen LogP contribution in [0.5, 0.6) is 0 Å². The van der Waals surface area contributed by atoms with Crippen LogP contribution in [0.1, 0.15) is 25.7 Å². The molecule has 0 amide bonds. The van der Waals surface area contributed by atoms with E-state index in [-0.39, 0.29) is 0 Å². The second kappa shape index (κ2) is 6.22. The van der Waals surface area contributed by atoms with Crippen LogP contribution in [-0.4, -0.2) is 39.5 Å². The first-order valence-corrected chi connectivity index (χ1v) is 7.40. The van der Waals surface area contributed by atoms with Crippen molar-refractivity contribution in [2.24, 2.45) is 7.05 Å². The zero-order chi connectivity index (χ0) is 14.7. The van der Waals surface area contributed by atoms with E-state index in [0.717, 1.165) is 29.9 Å². The van der Waals surface area contributed by atoms with Crippen LogP contribution in [0, 0.1) is 0 Å². The van der Waals surface area contributed by atoms with E-state index in [2.05, 4.69) is 33.0 Å². The highest BCUT2D eigenvalue weighted by Gasteiger charge is 2.24. The fourth-order valence-corrected chi connectivity index (χ4v) is 2.98. The summed E-state index contributed by atoms with van der Waals surface area (Å²) in [4.78, 5) is 0.